The zero-order valence-corrected chi connectivity index (χ0v) is 8.57. The molecule has 0 aliphatic heterocycles. The zero-order chi connectivity index (χ0) is 9.97. The van der Waals surface area contributed by atoms with Crippen LogP contribution in [0.5, 0.6) is 0 Å². The van der Waals surface area contributed by atoms with E-state index in [0.29, 0.717) is 11.7 Å². The molecule has 0 aromatic heterocycles. The normalized spacial score (nSPS) is 26.8. The molecule has 0 heterocycles. The number of carbonyl (C=O) groups is 1. The molecule has 2 rings (SSSR count). The van der Waals surface area contributed by atoms with Crippen LogP contribution in [0.25, 0.3) is 0 Å². The molecule has 74 valence electrons. The summed E-state index contributed by atoms with van der Waals surface area (Å²) in [6.07, 6.45) is 2.80. The largest absolute Gasteiger partial charge is 0.299 e. The van der Waals surface area contributed by atoms with Crippen molar-refractivity contribution in [3.63, 3.8) is 0 Å². The molecule has 0 bridgehead atoms. The third kappa shape index (κ3) is 1.59. The van der Waals surface area contributed by atoms with Gasteiger partial charge in [-0.25, -0.2) is 0 Å². The lowest BCUT2D eigenvalue weighted by Crippen LogP contribution is -2.11. The van der Waals surface area contributed by atoms with Gasteiger partial charge in [0.2, 0.25) is 0 Å². The van der Waals surface area contributed by atoms with Crippen molar-refractivity contribution >= 4 is 5.78 Å². The van der Waals surface area contributed by atoms with Crippen LogP contribution in [0.3, 0.4) is 0 Å². The molecule has 1 aliphatic carbocycles. The molecule has 1 fully saturated rings. The van der Waals surface area contributed by atoms with E-state index in [9.17, 15) is 4.79 Å². The second-order valence-electron chi connectivity index (χ2n) is 4.04. The first-order valence-corrected chi connectivity index (χ1v) is 5.40. The first-order chi connectivity index (χ1) is 6.83. The van der Waals surface area contributed by atoms with E-state index in [2.05, 4.69) is 31.2 Å². The van der Waals surface area contributed by atoms with Gasteiger partial charge in [0.25, 0.3) is 0 Å². The molecular weight excluding hydrogens is 172 g/mol. The number of ketones is 1. The van der Waals surface area contributed by atoms with Crippen molar-refractivity contribution in [3.8, 4) is 0 Å². The van der Waals surface area contributed by atoms with E-state index in [4.69, 9.17) is 0 Å². The maximum Gasteiger partial charge on any atom is 0.136 e. The van der Waals surface area contributed by atoms with Gasteiger partial charge in [-0.2, -0.15) is 0 Å². The van der Waals surface area contributed by atoms with Crippen molar-refractivity contribution in [3.05, 3.63) is 35.9 Å². The van der Waals surface area contributed by atoms with E-state index in [1.54, 1.807) is 0 Å². The Balaban J connectivity index is 2.23. The summed E-state index contributed by atoms with van der Waals surface area (Å²) in [5.41, 5.74) is 1.34. The second-order valence-corrected chi connectivity index (χ2v) is 4.04. The van der Waals surface area contributed by atoms with Crippen LogP contribution in [0, 0.1) is 5.92 Å². The average Bonchev–Trinajstić information content (AvgIpc) is 2.61. The Morgan fingerprint density at radius 2 is 2.00 bits per heavy atom. The Morgan fingerprint density at radius 1 is 1.29 bits per heavy atom. The van der Waals surface area contributed by atoms with Gasteiger partial charge in [-0.3, -0.25) is 4.79 Å². The summed E-state index contributed by atoms with van der Waals surface area (Å²) in [4.78, 5) is 11.6. The van der Waals surface area contributed by atoms with E-state index >= 15 is 0 Å². The Morgan fingerprint density at radius 3 is 2.64 bits per heavy atom. The van der Waals surface area contributed by atoms with Crippen LogP contribution < -0.4 is 0 Å². The molecule has 14 heavy (non-hydrogen) atoms. The molecule has 1 aliphatic rings. The van der Waals surface area contributed by atoms with Crippen LogP contribution in [0.15, 0.2) is 30.3 Å². The van der Waals surface area contributed by atoms with Gasteiger partial charge in [0.15, 0.2) is 0 Å². The highest BCUT2D eigenvalue weighted by Crippen LogP contribution is 2.38. The van der Waals surface area contributed by atoms with Crippen molar-refractivity contribution in [2.75, 3.05) is 0 Å². The Labute approximate surface area is 85.1 Å². The van der Waals surface area contributed by atoms with E-state index in [0.717, 1.165) is 19.3 Å². The molecule has 1 aromatic rings. The van der Waals surface area contributed by atoms with E-state index in [1.165, 1.54) is 5.56 Å². The van der Waals surface area contributed by atoms with Crippen molar-refractivity contribution in [1.29, 1.82) is 0 Å². The summed E-state index contributed by atoms with van der Waals surface area (Å²) in [5.74, 6) is 1.22. The number of hydrogen-bond donors (Lipinski definition) is 0. The fraction of sp³-hybridized carbons (Fsp3) is 0.462. The summed E-state index contributed by atoms with van der Waals surface area (Å²) >= 11 is 0. The zero-order valence-electron chi connectivity index (χ0n) is 8.57. The first-order valence-electron chi connectivity index (χ1n) is 5.40. The van der Waals surface area contributed by atoms with Crippen molar-refractivity contribution in [1.82, 2.24) is 0 Å². The molecule has 1 aromatic carbocycles. The average molecular weight is 188 g/mol. The summed E-state index contributed by atoms with van der Waals surface area (Å²) < 4.78 is 0. The SMILES string of the molecule is CCC1C(=O)CC[C@@H]1c1ccccc1. The van der Waals surface area contributed by atoms with Gasteiger partial charge in [0.05, 0.1) is 0 Å². The number of rotatable bonds is 2. The van der Waals surface area contributed by atoms with Crippen molar-refractivity contribution < 1.29 is 4.79 Å². The highest BCUT2D eigenvalue weighted by atomic mass is 16.1. The van der Waals surface area contributed by atoms with Crippen LogP contribution in [0.2, 0.25) is 0 Å². The Bertz CT molecular complexity index is 315. The lowest BCUT2D eigenvalue weighted by atomic mass is 9.87. The summed E-state index contributed by atoms with van der Waals surface area (Å²) in [6.45, 7) is 2.11. The highest BCUT2D eigenvalue weighted by molar-refractivity contribution is 5.84. The molecule has 0 N–H and O–H groups in total. The van der Waals surface area contributed by atoms with Gasteiger partial charge in [-0.15, -0.1) is 0 Å². The lowest BCUT2D eigenvalue weighted by molar-refractivity contribution is -0.120. The maximum atomic E-state index is 11.6. The highest BCUT2D eigenvalue weighted by Gasteiger charge is 2.33. The number of benzene rings is 1. The minimum absolute atomic E-state index is 0.275. The van der Waals surface area contributed by atoms with Gasteiger partial charge < -0.3 is 0 Å². The second kappa shape index (κ2) is 3.95. The van der Waals surface area contributed by atoms with Crippen molar-refractivity contribution in [2.45, 2.75) is 32.1 Å². The van der Waals surface area contributed by atoms with Gasteiger partial charge in [-0.1, -0.05) is 37.3 Å². The van der Waals surface area contributed by atoms with Crippen LogP contribution in [-0.2, 0) is 4.79 Å². The predicted molar refractivity (Wildman–Crippen MR) is 57.2 cm³/mol. The number of carbonyl (C=O) groups excluding carboxylic acids is 1. The minimum atomic E-state index is 0.275. The standard InChI is InChI=1S/C13H16O/c1-2-11-12(8-9-13(11)14)10-6-4-3-5-7-10/h3-7,11-12H,2,8-9H2,1H3/t11?,12-/m1/s1. The fourth-order valence-electron chi connectivity index (χ4n) is 2.52. The van der Waals surface area contributed by atoms with E-state index in [-0.39, 0.29) is 5.92 Å². The summed E-state index contributed by atoms with van der Waals surface area (Å²) in [7, 11) is 0. The van der Waals surface area contributed by atoms with Crippen LogP contribution in [0.4, 0.5) is 0 Å². The summed E-state index contributed by atoms with van der Waals surface area (Å²) in [6, 6.07) is 10.4. The molecule has 1 saturated carbocycles. The smallest absolute Gasteiger partial charge is 0.136 e. The Hall–Kier alpha value is -1.11. The van der Waals surface area contributed by atoms with E-state index in [1.807, 2.05) is 6.07 Å². The van der Waals surface area contributed by atoms with Gasteiger partial charge in [-0.05, 0) is 24.3 Å². The quantitative estimate of drug-likeness (QED) is 0.696. The van der Waals surface area contributed by atoms with Crippen LogP contribution in [-0.4, -0.2) is 5.78 Å². The molecular formula is C13H16O. The number of hydrogen-bond acceptors (Lipinski definition) is 1. The Kier molecular flexibility index (Phi) is 2.67. The molecule has 0 amide bonds. The van der Waals surface area contributed by atoms with Gasteiger partial charge in [0.1, 0.15) is 5.78 Å². The van der Waals surface area contributed by atoms with Gasteiger partial charge in [0, 0.05) is 12.3 Å². The molecule has 1 unspecified atom stereocenters. The van der Waals surface area contributed by atoms with Crippen LogP contribution in [0.1, 0.15) is 37.7 Å². The summed E-state index contributed by atoms with van der Waals surface area (Å²) in [5, 5.41) is 0. The molecule has 1 heteroatoms. The van der Waals surface area contributed by atoms with E-state index < -0.39 is 0 Å². The molecule has 0 radical (unpaired) electrons. The molecule has 0 spiro atoms. The van der Waals surface area contributed by atoms with Gasteiger partial charge >= 0.3 is 0 Å². The predicted octanol–water partition coefficient (Wildman–Crippen LogP) is 3.16. The monoisotopic (exact) mass is 188 g/mol. The third-order valence-electron chi connectivity index (χ3n) is 3.27. The third-order valence-corrected chi connectivity index (χ3v) is 3.27. The fourth-order valence-corrected chi connectivity index (χ4v) is 2.52. The number of Topliss-reactive ketones (excluding diaryl/α,β-unsaturated/α-hetero) is 1. The maximum absolute atomic E-state index is 11.6. The first kappa shape index (κ1) is 9.45. The topological polar surface area (TPSA) is 17.1 Å². The minimum Gasteiger partial charge on any atom is -0.299 e. The van der Waals surface area contributed by atoms with Crippen LogP contribution >= 0.6 is 0 Å². The molecule has 1 nitrogen and oxygen atoms in total. The molecule has 2 atom stereocenters. The molecule has 0 saturated heterocycles. The van der Waals surface area contributed by atoms with Crippen molar-refractivity contribution in [2.24, 2.45) is 5.92 Å². The lowest BCUT2D eigenvalue weighted by Gasteiger charge is -2.16.